The van der Waals surface area contributed by atoms with Crippen molar-refractivity contribution in [1.82, 2.24) is 9.21 Å². The third kappa shape index (κ3) is 5.02. The predicted molar refractivity (Wildman–Crippen MR) is 129 cm³/mol. The molecule has 172 valence electrons. The molecule has 1 fully saturated rings. The van der Waals surface area contributed by atoms with Crippen LogP contribution in [0.25, 0.3) is 0 Å². The first-order chi connectivity index (χ1) is 15.2. The number of rotatable bonds is 5. The smallest absolute Gasteiger partial charge is 0.243 e. The highest BCUT2D eigenvalue weighted by Crippen LogP contribution is 2.26. The molecule has 1 saturated heterocycles. The maximum atomic E-state index is 13.0. The zero-order chi connectivity index (χ0) is 23.4. The van der Waals surface area contributed by atoms with Crippen LogP contribution in [0.2, 0.25) is 0 Å². The summed E-state index contributed by atoms with van der Waals surface area (Å²) in [5.74, 6) is 2.22. The number of ether oxygens (including phenoxy) is 1. The van der Waals surface area contributed by atoms with Gasteiger partial charge >= 0.3 is 0 Å². The minimum atomic E-state index is -3.54. The summed E-state index contributed by atoms with van der Waals surface area (Å²) >= 11 is 0. The van der Waals surface area contributed by atoms with Crippen molar-refractivity contribution in [2.45, 2.75) is 31.1 Å². The molecule has 0 amide bonds. The van der Waals surface area contributed by atoms with Gasteiger partial charge in [0.15, 0.2) is 0 Å². The minimum Gasteiger partial charge on any atom is -0.497 e. The average Bonchev–Trinajstić information content (AvgIpc) is 2.82. The van der Waals surface area contributed by atoms with E-state index in [2.05, 4.69) is 35.9 Å². The molecule has 0 aliphatic carbocycles. The fourth-order valence-corrected chi connectivity index (χ4v) is 5.25. The highest BCUT2D eigenvalue weighted by Gasteiger charge is 2.30. The number of hydrogen-bond acceptors (Lipinski definition) is 4. The maximum Gasteiger partial charge on any atom is 0.243 e. The van der Waals surface area contributed by atoms with Crippen molar-refractivity contribution in [1.29, 1.82) is 0 Å². The lowest BCUT2D eigenvalue weighted by molar-refractivity contribution is 0.265. The Hall–Kier alpha value is -2.71. The van der Waals surface area contributed by atoms with Gasteiger partial charge in [0.25, 0.3) is 0 Å². The van der Waals surface area contributed by atoms with Crippen molar-refractivity contribution >= 4 is 21.7 Å². The van der Waals surface area contributed by atoms with Crippen molar-refractivity contribution in [3.8, 4) is 5.75 Å². The Morgan fingerprint density at radius 1 is 0.969 bits per heavy atom. The van der Waals surface area contributed by atoms with E-state index >= 15 is 0 Å². The topological polar surface area (TPSA) is 74.6 Å². The fourth-order valence-electron chi connectivity index (χ4n) is 3.83. The van der Waals surface area contributed by atoms with Gasteiger partial charge in [0, 0.05) is 38.6 Å². The SMILES string of the molecule is CN=C(N=C(C)N1CCN(S(=O)(=O)c2ccc(OC)cc2)CC1)C(C)(C)c1ccccc1. The molecular weight excluding hydrogens is 424 g/mol. The van der Waals surface area contributed by atoms with E-state index in [1.807, 2.05) is 25.1 Å². The Morgan fingerprint density at radius 2 is 1.56 bits per heavy atom. The van der Waals surface area contributed by atoms with Gasteiger partial charge in [-0.15, -0.1) is 0 Å². The van der Waals surface area contributed by atoms with Crippen LogP contribution in [0.1, 0.15) is 26.3 Å². The van der Waals surface area contributed by atoms with Crippen molar-refractivity contribution in [2.24, 2.45) is 9.98 Å². The lowest BCUT2D eigenvalue weighted by Gasteiger charge is -2.35. The van der Waals surface area contributed by atoms with Gasteiger partial charge in [-0.05, 0) is 50.6 Å². The summed E-state index contributed by atoms with van der Waals surface area (Å²) in [6, 6.07) is 16.7. The van der Waals surface area contributed by atoms with E-state index < -0.39 is 10.0 Å². The van der Waals surface area contributed by atoms with Crippen LogP contribution in [0.15, 0.2) is 69.5 Å². The molecule has 1 heterocycles. The van der Waals surface area contributed by atoms with E-state index in [1.54, 1.807) is 38.4 Å². The summed E-state index contributed by atoms with van der Waals surface area (Å²) in [6.45, 7) is 8.15. The minimum absolute atomic E-state index is 0.280. The van der Waals surface area contributed by atoms with E-state index in [-0.39, 0.29) is 10.3 Å². The molecule has 0 saturated carbocycles. The number of nitrogens with zero attached hydrogens (tertiary/aromatic N) is 4. The number of methoxy groups -OCH3 is 1. The third-order valence-electron chi connectivity index (χ3n) is 5.93. The van der Waals surface area contributed by atoms with Crippen LogP contribution in [0.5, 0.6) is 5.75 Å². The number of piperazine rings is 1. The average molecular weight is 457 g/mol. The third-order valence-corrected chi connectivity index (χ3v) is 7.84. The van der Waals surface area contributed by atoms with Gasteiger partial charge in [0.1, 0.15) is 17.4 Å². The first-order valence-corrected chi connectivity index (χ1v) is 12.1. The first kappa shape index (κ1) is 23.9. The fraction of sp³-hybridized carbons (Fsp3) is 0.417. The molecule has 2 aromatic rings. The Bertz CT molecular complexity index is 1070. The summed E-state index contributed by atoms with van der Waals surface area (Å²) in [5.41, 5.74) is 0.809. The molecule has 0 spiro atoms. The Morgan fingerprint density at radius 3 is 2.09 bits per heavy atom. The molecule has 0 aromatic heterocycles. The van der Waals surface area contributed by atoms with Gasteiger partial charge in [-0.1, -0.05) is 30.3 Å². The van der Waals surface area contributed by atoms with Gasteiger partial charge in [0.05, 0.1) is 12.0 Å². The molecule has 8 heteroatoms. The second kappa shape index (κ2) is 9.83. The Kier molecular flexibility index (Phi) is 7.36. The van der Waals surface area contributed by atoms with Crippen LogP contribution in [-0.4, -0.2) is 69.6 Å². The number of aliphatic imine (C=N–C) groups is 2. The molecule has 1 aliphatic heterocycles. The van der Waals surface area contributed by atoms with Gasteiger partial charge in [0.2, 0.25) is 10.0 Å². The van der Waals surface area contributed by atoms with Crippen molar-refractivity contribution in [2.75, 3.05) is 40.3 Å². The molecule has 1 aliphatic rings. The zero-order valence-corrected chi connectivity index (χ0v) is 20.3. The van der Waals surface area contributed by atoms with E-state index in [0.717, 1.165) is 17.2 Å². The Labute approximate surface area is 191 Å². The lowest BCUT2D eigenvalue weighted by Crippen LogP contribution is -2.50. The number of sulfonamides is 1. The van der Waals surface area contributed by atoms with Gasteiger partial charge in [-0.3, -0.25) is 4.99 Å². The predicted octanol–water partition coefficient (Wildman–Crippen LogP) is 3.43. The molecule has 2 aromatic carbocycles. The van der Waals surface area contributed by atoms with E-state index in [1.165, 1.54) is 4.31 Å². The highest BCUT2D eigenvalue weighted by molar-refractivity contribution is 7.89. The number of amidine groups is 2. The van der Waals surface area contributed by atoms with Crippen molar-refractivity contribution in [3.05, 3.63) is 60.2 Å². The van der Waals surface area contributed by atoms with E-state index in [4.69, 9.17) is 9.73 Å². The van der Waals surface area contributed by atoms with Crippen LogP contribution >= 0.6 is 0 Å². The van der Waals surface area contributed by atoms with Gasteiger partial charge in [-0.2, -0.15) is 4.31 Å². The summed E-state index contributed by atoms with van der Waals surface area (Å²) in [5, 5.41) is 0. The largest absolute Gasteiger partial charge is 0.497 e. The standard InChI is InChI=1S/C24H32N4O3S/c1-19(26-23(25-4)24(2,3)20-9-7-6-8-10-20)27-15-17-28(18-16-27)32(29,30)22-13-11-21(31-5)12-14-22/h6-14H,15-18H2,1-5H3. The molecule has 0 N–H and O–H groups in total. The lowest BCUT2D eigenvalue weighted by atomic mass is 9.83. The summed E-state index contributed by atoms with van der Waals surface area (Å²) in [7, 11) is -0.218. The molecule has 0 atom stereocenters. The van der Waals surface area contributed by atoms with Gasteiger partial charge in [-0.25, -0.2) is 13.4 Å². The zero-order valence-electron chi connectivity index (χ0n) is 19.4. The Balaban J connectivity index is 1.70. The van der Waals surface area contributed by atoms with E-state index in [9.17, 15) is 8.42 Å². The molecular formula is C24H32N4O3S. The van der Waals surface area contributed by atoms with Crippen LogP contribution in [0, 0.1) is 0 Å². The molecule has 3 rings (SSSR count). The van der Waals surface area contributed by atoms with Crippen molar-refractivity contribution in [3.63, 3.8) is 0 Å². The van der Waals surface area contributed by atoms with E-state index in [0.29, 0.717) is 31.9 Å². The van der Waals surface area contributed by atoms with Crippen molar-refractivity contribution < 1.29 is 13.2 Å². The normalized spacial score (nSPS) is 16.8. The maximum absolute atomic E-state index is 13.0. The molecule has 0 unspecified atom stereocenters. The first-order valence-electron chi connectivity index (χ1n) is 10.7. The number of benzene rings is 2. The number of hydrogen-bond donors (Lipinski definition) is 0. The quantitative estimate of drug-likeness (QED) is 0.510. The summed E-state index contributed by atoms with van der Waals surface area (Å²) in [4.78, 5) is 11.7. The molecule has 0 radical (unpaired) electrons. The second-order valence-electron chi connectivity index (χ2n) is 8.26. The van der Waals surface area contributed by atoms with Crippen LogP contribution in [-0.2, 0) is 15.4 Å². The second-order valence-corrected chi connectivity index (χ2v) is 10.2. The highest BCUT2D eigenvalue weighted by atomic mass is 32.2. The summed E-state index contributed by atoms with van der Waals surface area (Å²) in [6.07, 6.45) is 0. The van der Waals surface area contributed by atoms with Crippen LogP contribution < -0.4 is 4.74 Å². The molecule has 0 bridgehead atoms. The van der Waals surface area contributed by atoms with Gasteiger partial charge < -0.3 is 9.64 Å². The molecule has 7 nitrogen and oxygen atoms in total. The summed E-state index contributed by atoms with van der Waals surface area (Å²) < 4.78 is 32.6. The van der Waals surface area contributed by atoms with Crippen LogP contribution in [0.4, 0.5) is 0 Å². The molecule has 32 heavy (non-hydrogen) atoms. The monoisotopic (exact) mass is 456 g/mol. The van der Waals surface area contributed by atoms with Crippen LogP contribution in [0.3, 0.4) is 0 Å².